The van der Waals surface area contributed by atoms with Crippen LogP contribution >= 0.6 is 0 Å². The summed E-state index contributed by atoms with van der Waals surface area (Å²) in [4.78, 5) is 20.7. The van der Waals surface area contributed by atoms with Crippen LogP contribution in [-0.4, -0.2) is 36.4 Å². The van der Waals surface area contributed by atoms with Gasteiger partial charge in [0, 0.05) is 20.2 Å². The molecule has 0 amide bonds. The lowest BCUT2D eigenvalue weighted by atomic mass is 10.4. The van der Waals surface area contributed by atoms with Gasteiger partial charge in [0.1, 0.15) is 23.7 Å². The number of hydrogen-bond acceptors (Lipinski definition) is 5. The molecule has 1 rings (SSSR count). The van der Waals surface area contributed by atoms with Crippen LogP contribution in [0.25, 0.3) is 0 Å². The highest BCUT2D eigenvalue weighted by atomic mass is 16.1. The van der Waals surface area contributed by atoms with Gasteiger partial charge in [0.15, 0.2) is 0 Å². The van der Waals surface area contributed by atoms with Crippen molar-refractivity contribution in [1.29, 1.82) is 0 Å². The van der Waals surface area contributed by atoms with Gasteiger partial charge in [0.2, 0.25) is 0 Å². The lowest BCUT2D eigenvalue weighted by molar-refractivity contribution is -0.115. The molecule has 0 atom stereocenters. The molecule has 1 heterocycles. The van der Waals surface area contributed by atoms with Crippen LogP contribution in [0.15, 0.2) is 12.4 Å². The van der Waals surface area contributed by atoms with E-state index in [4.69, 9.17) is 0 Å². The van der Waals surface area contributed by atoms with Crippen LogP contribution in [0, 0.1) is 0 Å². The van der Waals surface area contributed by atoms with Gasteiger partial charge in [0.25, 0.3) is 0 Å². The second-order valence-corrected chi connectivity index (χ2v) is 3.07. The Hall–Kier alpha value is -1.65. The van der Waals surface area contributed by atoms with Gasteiger partial charge in [-0.2, -0.15) is 0 Å². The Morgan fingerprint density at radius 3 is 2.86 bits per heavy atom. The molecule has 0 saturated carbocycles. The fourth-order valence-electron chi connectivity index (χ4n) is 1.11. The molecule has 0 spiro atoms. The number of carbonyl (C=O) groups is 1. The van der Waals surface area contributed by atoms with E-state index in [2.05, 4.69) is 15.3 Å². The van der Waals surface area contributed by atoms with Crippen LogP contribution in [0.3, 0.4) is 0 Å². The summed E-state index contributed by atoms with van der Waals surface area (Å²) in [5, 5.41) is 2.91. The molecular weight excluding hydrogens is 180 g/mol. The van der Waals surface area contributed by atoms with E-state index in [1.165, 1.54) is 6.33 Å². The zero-order chi connectivity index (χ0) is 10.6. The molecule has 0 aliphatic carbocycles. The highest BCUT2D eigenvalue weighted by Crippen LogP contribution is 2.11. The summed E-state index contributed by atoms with van der Waals surface area (Å²) in [5.41, 5.74) is 0. The molecule has 1 aromatic rings. The number of aromatic nitrogens is 2. The molecule has 1 aromatic heterocycles. The number of ketones is 1. The van der Waals surface area contributed by atoms with Gasteiger partial charge in [-0.15, -0.1) is 0 Å². The maximum absolute atomic E-state index is 10.9. The van der Waals surface area contributed by atoms with Crippen LogP contribution in [0.5, 0.6) is 0 Å². The smallest absolute Gasteiger partial charge is 0.149 e. The summed E-state index contributed by atoms with van der Waals surface area (Å²) in [6, 6.07) is 1.79. The van der Waals surface area contributed by atoms with Crippen molar-refractivity contribution in [3.05, 3.63) is 12.4 Å². The highest BCUT2D eigenvalue weighted by molar-refractivity contribution is 5.80. The number of nitrogens with one attached hydrogen (secondary N) is 1. The van der Waals surface area contributed by atoms with Gasteiger partial charge in [-0.25, -0.2) is 9.97 Å². The number of Topliss-reactive ketones (excluding diaryl/α,β-unsaturated/α-hetero) is 1. The maximum Gasteiger partial charge on any atom is 0.149 e. The van der Waals surface area contributed by atoms with Crippen LogP contribution in [-0.2, 0) is 4.79 Å². The minimum atomic E-state index is 0.108. The Labute approximate surface area is 83.2 Å². The van der Waals surface area contributed by atoms with Crippen molar-refractivity contribution in [2.45, 2.75) is 6.92 Å². The SMILES string of the molecule is CNc1cc(N(C)CC(C)=O)ncn1. The number of rotatable bonds is 4. The third-order valence-corrected chi connectivity index (χ3v) is 1.76. The Balaban J connectivity index is 2.78. The standard InChI is InChI=1S/C9H14N4O/c1-7(14)5-13(3)9-4-8(10-2)11-6-12-9/h4,6H,5H2,1-3H3,(H,10,11,12). The van der Waals surface area contributed by atoms with E-state index in [9.17, 15) is 4.79 Å². The molecule has 14 heavy (non-hydrogen) atoms. The van der Waals surface area contributed by atoms with E-state index in [0.29, 0.717) is 6.54 Å². The summed E-state index contributed by atoms with van der Waals surface area (Å²) in [6.45, 7) is 1.91. The summed E-state index contributed by atoms with van der Waals surface area (Å²) >= 11 is 0. The monoisotopic (exact) mass is 194 g/mol. The third kappa shape index (κ3) is 2.69. The van der Waals surface area contributed by atoms with Crippen molar-refractivity contribution in [1.82, 2.24) is 9.97 Å². The van der Waals surface area contributed by atoms with Gasteiger partial charge < -0.3 is 10.2 Å². The van der Waals surface area contributed by atoms with Crippen molar-refractivity contribution in [3.63, 3.8) is 0 Å². The van der Waals surface area contributed by atoms with Crippen LogP contribution in [0.4, 0.5) is 11.6 Å². The first-order valence-corrected chi connectivity index (χ1v) is 4.34. The zero-order valence-corrected chi connectivity index (χ0v) is 8.61. The van der Waals surface area contributed by atoms with E-state index >= 15 is 0 Å². The predicted molar refractivity (Wildman–Crippen MR) is 55.5 cm³/mol. The van der Waals surface area contributed by atoms with E-state index in [1.54, 1.807) is 24.9 Å². The fraction of sp³-hybridized carbons (Fsp3) is 0.444. The van der Waals surface area contributed by atoms with Crippen molar-refractivity contribution < 1.29 is 4.79 Å². The average Bonchev–Trinajstić information content (AvgIpc) is 2.17. The van der Waals surface area contributed by atoms with Gasteiger partial charge in [-0.1, -0.05) is 0 Å². The Bertz CT molecular complexity index is 326. The molecule has 0 aliphatic heterocycles. The highest BCUT2D eigenvalue weighted by Gasteiger charge is 2.05. The first-order valence-electron chi connectivity index (χ1n) is 4.34. The number of anilines is 2. The Kier molecular flexibility index (Phi) is 3.39. The summed E-state index contributed by atoms with van der Waals surface area (Å²) < 4.78 is 0. The largest absolute Gasteiger partial charge is 0.373 e. The van der Waals surface area contributed by atoms with E-state index in [0.717, 1.165) is 11.6 Å². The quantitative estimate of drug-likeness (QED) is 0.758. The van der Waals surface area contributed by atoms with Crippen molar-refractivity contribution >= 4 is 17.4 Å². The molecule has 0 saturated heterocycles. The fourth-order valence-corrected chi connectivity index (χ4v) is 1.11. The number of likely N-dealkylation sites (N-methyl/N-ethyl adjacent to an activating group) is 1. The molecular formula is C9H14N4O. The summed E-state index contributed by atoms with van der Waals surface area (Å²) in [5.74, 6) is 1.59. The lowest BCUT2D eigenvalue weighted by Crippen LogP contribution is -2.24. The van der Waals surface area contributed by atoms with Crippen molar-refractivity contribution in [2.24, 2.45) is 0 Å². The zero-order valence-electron chi connectivity index (χ0n) is 8.61. The molecule has 5 heteroatoms. The second-order valence-electron chi connectivity index (χ2n) is 3.07. The van der Waals surface area contributed by atoms with Crippen LogP contribution in [0.1, 0.15) is 6.92 Å². The first kappa shape index (κ1) is 10.4. The molecule has 0 radical (unpaired) electrons. The lowest BCUT2D eigenvalue weighted by Gasteiger charge is -2.16. The molecule has 5 nitrogen and oxygen atoms in total. The van der Waals surface area contributed by atoms with Crippen LogP contribution in [0.2, 0.25) is 0 Å². The summed E-state index contributed by atoms with van der Waals surface area (Å²) in [7, 11) is 3.61. The molecule has 0 aromatic carbocycles. The predicted octanol–water partition coefficient (Wildman–Crippen LogP) is 0.543. The third-order valence-electron chi connectivity index (χ3n) is 1.76. The van der Waals surface area contributed by atoms with E-state index in [-0.39, 0.29) is 5.78 Å². The minimum absolute atomic E-state index is 0.108. The number of carbonyl (C=O) groups excluding carboxylic acids is 1. The minimum Gasteiger partial charge on any atom is -0.373 e. The number of nitrogens with zero attached hydrogens (tertiary/aromatic N) is 3. The van der Waals surface area contributed by atoms with Gasteiger partial charge >= 0.3 is 0 Å². The molecule has 1 N–H and O–H groups in total. The topological polar surface area (TPSA) is 58.1 Å². The number of hydrogen-bond donors (Lipinski definition) is 1. The summed E-state index contributed by atoms with van der Waals surface area (Å²) in [6.07, 6.45) is 1.47. The molecule has 0 aliphatic rings. The van der Waals surface area contributed by atoms with Crippen molar-refractivity contribution in [3.8, 4) is 0 Å². The normalized spacial score (nSPS) is 9.64. The molecule has 76 valence electrons. The van der Waals surface area contributed by atoms with Gasteiger partial charge in [-0.3, -0.25) is 4.79 Å². The molecule has 0 fully saturated rings. The maximum atomic E-state index is 10.9. The van der Waals surface area contributed by atoms with Gasteiger partial charge in [0.05, 0.1) is 6.54 Å². The van der Waals surface area contributed by atoms with Crippen LogP contribution < -0.4 is 10.2 Å². The molecule has 0 bridgehead atoms. The molecule has 0 unspecified atom stereocenters. The van der Waals surface area contributed by atoms with Gasteiger partial charge in [-0.05, 0) is 6.92 Å². The van der Waals surface area contributed by atoms with E-state index in [1.807, 2.05) is 7.05 Å². The second kappa shape index (κ2) is 4.55. The first-order chi connectivity index (χ1) is 6.63. The Morgan fingerprint density at radius 2 is 2.29 bits per heavy atom. The average molecular weight is 194 g/mol. The van der Waals surface area contributed by atoms with Crippen molar-refractivity contribution in [2.75, 3.05) is 30.9 Å². The van der Waals surface area contributed by atoms with E-state index < -0.39 is 0 Å². The Morgan fingerprint density at radius 1 is 1.57 bits per heavy atom.